The molecule has 74 valence electrons. The normalized spacial score (nSPS) is 11.3. The molecule has 0 atom stereocenters. The van der Waals surface area contributed by atoms with E-state index < -0.39 is 11.6 Å². The predicted octanol–water partition coefficient (Wildman–Crippen LogP) is 1.56. The van der Waals surface area contributed by atoms with Gasteiger partial charge in [0.2, 0.25) is 0 Å². The van der Waals surface area contributed by atoms with Crippen LogP contribution in [-0.2, 0) is 0 Å². The molecule has 3 aromatic rings. The highest BCUT2D eigenvalue weighted by Gasteiger charge is 2.10. The summed E-state index contributed by atoms with van der Waals surface area (Å²) < 4.78 is 27.8. The van der Waals surface area contributed by atoms with Crippen LogP contribution in [0.25, 0.3) is 16.7 Å². The molecule has 6 heteroatoms. The van der Waals surface area contributed by atoms with E-state index in [1.807, 2.05) is 0 Å². The highest BCUT2D eigenvalue weighted by molar-refractivity contribution is 5.80. The fourth-order valence-corrected chi connectivity index (χ4v) is 1.50. The van der Waals surface area contributed by atoms with Crippen molar-refractivity contribution >= 4 is 16.7 Å². The number of fused-ring (bicyclic) bond motifs is 3. The first-order valence-corrected chi connectivity index (χ1v) is 4.20. The summed E-state index contributed by atoms with van der Waals surface area (Å²) in [6.45, 7) is 0. The zero-order chi connectivity index (χ0) is 10.4. The van der Waals surface area contributed by atoms with Gasteiger partial charge in [-0.3, -0.25) is 4.40 Å². The van der Waals surface area contributed by atoms with Crippen LogP contribution >= 0.6 is 0 Å². The monoisotopic (exact) mass is 206 g/mol. The Hall–Kier alpha value is -2.11. The molecule has 2 aromatic heterocycles. The average Bonchev–Trinajstić information content (AvgIpc) is 2.71. The number of nitrogens with zero attached hydrogens (tertiary/aromatic N) is 4. The molecular weight excluding hydrogens is 202 g/mol. The minimum Gasteiger partial charge on any atom is -0.265 e. The molecule has 0 unspecified atom stereocenters. The van der Waals surface area contributed by atoms with E-state index in [2.05, 4.69) is 15.2 Å². The van der Waals surface area contributed by atoms with Crippen LogP contribution in [0.2, 0.25) is 0 Å². The second kappa shape index (κ2) is 2.69. The van der Waals surface area contributed by atoms with Gasteiger partial charge in [0.05, 0.1) is 10.9 Å². The zero-order valence-electron chi connectivity index (χ0n) is 7.35. The Labute approximate surface area is 82.2 Å². The summed E-state index contributed by atoms with van der Waals surface area (Å²) in [4.78, 5) is 3.85. The highest BCUT2D eigenvalue weighted by Crippen LogP contribution is 2.19. The summed E-state index contributed by atoms with van der Waals surface area (Å²) in [6.07, 6.45) is 2.65. The number of rotatable bonds is 0. The van der Waals surface area contributed by atoms with Crippen molar-refractivity contribution in [1.82, 2.24) is 19.6 Å². The Morgan fingerprint density at radius 1 is 1.20 bits per heavy atom. The number of hydrogen-bond acceptors (Lipinski definition) is 3. The van der Waals surface area contributed by atoms with E-state index in [9.17, 15) is 8.78 Å². The Balaban J connectivity index is 2.60. The van der Waals surface area contributed by atoms with Crippen LogP contribution in [0.4, 0.5) is 8.78 Å². The van der Waals surface area contributed by atoms with Crippen LogP contribution in [0.5, 0.6) is 0 Å². The van der Waals surface area contributed by atoms with Gasteiger partial charge in [0.15, 0.2) is 11.6 Å². The smallest absolute Gasteiger partial charge is 0.255 e. The molecule has 0 spiro atoms. The van der Waals surface area contributed by atoms with E-state index in [0.29, 0.717) is 11.3 Å². The molecule has 0 fully saturated rings. The van der Waals surface area contributed by atoms with Gasteiger partial charge in [-0.2, -0.15) is 0 Å². The van der Waals surface area contributed by atoms with Gasteiger partial charge in [0.25, 0.3) is 5.78 Å². The number of benzene rings is 1. The molecule has 0 bridgehead atoms. The van der Waals surface area contributed by atoms with Crippen LogP contribution < -0.4 is 0 Å². The lowest BCUT2D eigenvalue weighted by Gasteiger charge is -2.01. The minimum atomic E-state index is -0.907. The van der Waals surface area contributed by atoms with E-state index in [4.69, 9.17) is 0 Å². The van der Waals surface area contributed by atoms with E-state index in [-0.39, 0.29) is 5.39 Å². The summed E-state index contributed by atoms with van der Waals surface area (Å²) >= 11 is 0. The first-order chi connectivity index (χ1) is 7.27. The fraction of sp³-hybridized carbons (Fsp3) is 0. The molecule has 0 aliphatic carbocycles. The van der Waals surface area contributed by atoms with Crippen molar-refractivity contribution in [3.8, 4) is 0 Å². The summed E-state index contributed by atoms with van der Waals surface area (Å²) in [6, 6.07) is 2.53. The van der Waals surface area contributed by atoms with Crippen LogP contribution in [0.3, 0.4) is 0 Å². The first-order valence-electron chi connectivity index (χ1n) is 4.20. The lowest BCUT2D eigenvalue weighted by molar-refractivity contribution is 0.516. The van der Waals surface area contributed by atoms with E-state index in [1.54, 1.807) is 0 Å². The van der Waals surface area contributed by atoms with Crippen LogP contribution in [0.1, 0.15) is 0 Å². The molecule has 0 saturated carbocycles. The molecule has 4 nitrogen and oxygen atoms in total. The van der Waals surface area contributed by atoms with Crippen molar-refractivity contribution in [1.29, 1.82) is 0 Å². The van der Waals surface area contributed by atoms with Crippen molar-refractivity contribution in [2.45, 2.75) is 0 Å². The maximum atomic E-state index is 13.4. The van der Waals surface area contributed by atoms with Gasteiger partial charge >= 0.3 is 0 Å². The van der Waals surface area contributed by atoms with Crippen LogP contribution in [-0.4, -0.2) is 19.6 Å². The van der Waals surface area contributed by atoms with Crippen molar-refractivity contribution in [3.63, 3.8) is 0 Å². The number of halogens is 2. The molecule has 15 heavy (non-hydrogen) atoms. The van der Waals surface area contributed by atoms with Gasteiger partial charge in [0, 0.05) is 6.20 Å². The van der Waals surface area contributed by atoms with Gasteiger partial charge < -0.3 is 0 Å². The van der Waals surface area contributed by atoms with Crippen molar-refractivity contribution in [2.75, 3.05) is 0 Å². The zero-order valence-corrected chi connectivity index (χ0v) is 7.35. The summed E-state index contributed by atoms with van der Waals surface area (Å²) in [5.41, 5.74) is 0.490. The lowest BCUT2D eigenvalue weighted by Crippen LogP contribution is -1.94. The second-order valence-electron chi connectivity index (χ2n) is 3.05. The molecule has 0 aliphatic heterocycles. The summed E-state index contributed by atoms with van der Waals surface area (Å²) in [5.74, 6) is -1.44. The minimum absolute atomic E-state index is 0.113. The van der Waals surface area contributed by atoms with Crippen LogP contribution in [0, 0.1) is 11.6 Å². The van der Waals surface area contributed by atoms with Gasteiger partial charge in [-0.15, -0.1) is 10.2 Å². The molecular formula is C9H4F2N4. The molecule has 3 rings (SSSR count). The third-order valence-electron chi connectivity index (χ3n) is 2.21. The second-order valence-corrected chi connectivity index (χ2v) is 3.05. The molecule has 0 amide bonds. The Morgan fingerprint density at radius 3 is 2.93 bits per heavy atom. The maximum Gasteiger partial charge on any atom is 0.255 e. The Morgan fingerprint density at radius 2 is 2.07 bits per heavy atom. The molecule has 0 N–H and O–H groups in total. The first kappa shape index (κ1) is 8.22. The maximum absolute atomic E-state index is 13.4. The van der Waals surface area contributed by atoms with Gasteiger partial charge in [-0.1, -0.05) is 0 Å². The summed E-state index contributed by atoms with van der Waals surface area (Å²) in [5, 5.41) is 7.46. The predicted molar refractivity (Wildman–Crippen MR) is 48.2 cm³/mol. The average molecular weight is 206 g/mol. The van der Waals surface area contributed by atoms with Gasteiger partial charge in [-0.25, -0.2) is 13.8 Å². The van der Waals surface area contributed by atoms with Crippen molar-refractivity contribution in [3.05, 3.63) is 36.3 Å². The lowest BCUT2D eigenvalue weighted by atomic mass is 10.2. The molecule has 0 radical (unpaired) electrons. The Kier molecular flexibility index (Phi) is 1.47. The standard InChI is InChI=1S/C9H4F2N4/c10-6-1-2-7-5(8(6)11)3-12-9-14-13-4-15(7)9/h1-4H. The SMILES string of the molecule is Fc1ccc2c(cnc3nncn32)c1F. The highest BCUT2D eigenvalue weighted by atomic mass is 19.2. The number of hydrogen-bond donors (Lipinski definition) is 0. The van der Waals surface area contributed by atoms with Gasteiger partial charge in [-0.05, 0) is 12.1 Å². The van der Waals surface area contributed by atoms with E-state index in [1.165, 1.54) is 23.0 Å². The van der Waals surface area contributed by atoms with Crippen molar-refractivity contribution < 1.29 is 8.78 Å². The topological polar surface area (TPSA) is 43.1 Å². The third-order valence-corrected chi connectivity index (χ3v) is 2.21. The molecule has 2 heterocycles. The molecule has 0 saturated heterocycles. The van der Waals surface area contributed by atoms with E-state index in [0.717, 1.165) is 6.07 Å². The Bertz CT molecular complexity index is 662. The van der Waals surface area contributed by atoms with Crippen molar-refractivity contribution in [2.24, 2.45) is 0 Å². The fourth-order valence-electron chi connectivity index (χ4n) is 1.50. The number of aromatic nitrogens is 4. The molecule has 1 aromatic carbocycles. The quantitative estimate of drug-likeness (QED) is 0.560. The largest absolute Gasteiger partial charge is 0.265 e. The van der Waals surface area contributed by atoms with E-state index >= 15 is 0 Å². The third kappa shape index (κ3) is 1.01. The summed E-state index contributed by atoms with van der Waals surface area (Å²) in [7, 11) is 0. The molecule has 0 aliphatic rings. The van der Waals surface area contributed by atoms with Crippen LogP contribution in [0.15, 0.2) is 24.7 Å². The van der Waals surface area contributed by atoms with Gasteiger partial charge in [0.1, 0.15) is 6.33 Å².